The number of carbonyl (C=O) groups excluding carboxylic acids is 2. The molecule has 132 valence electrons. The molecule has 0 bridgehead atoms. The summed E-state index contributed by atoms with van der Waals surface area (Å²) in [4.78, 5) is 28.2. The molecule has 1 N–H and O–H groups in total. The number of hydrogen-bond acceptors (Lipinski definition) is 3. The van der Waals surface area contributed by atoms with Gasteiger partial charge in [-0.2, -0.15) is 0 Å². The van der Waals surface area contributed by atoms with E-state index in [0.29, 0.717) is 6.54 Å². The van der Waals surface area contributed by atoms with Crippen LogP contribution in [0.15, 0.2) is 18.2 Å². The van der Waals surface area contributed by atoms with Crippen LogP contribution in [0.2, 0.25) is 0 Å². The maximum atomic E-state index is 12.3. The number of piperidine rings is 1. The molecule has 1 aliphatic rings. The molecule has 0 aromatic heterocycles. The molecule has 0 unspecified atom stereocenters. The lowest BCUT2D eigenvalue weighted by Crippen LogP contribution is -2.44. The quantitative estimate of drug-likeness (QED) is 0.901. The van der Waals surface area contributed by atoms with Crippen molar-refractivity contribution >= 4 is 17.5 Å². The Morgan fingerprint density at radius 3 is 2.58 bits per heavy atom. The highest BCUT2D eigenvalue weighted by atomic mass is 16.2. The van der Waals surface area contributed by atoms with Gasteiger partial charge in [-0.05, 0) is 62.9 Å². The average molecular weight is 331 g/mol. The number of likely N-dealkylation sites (tertiary alicyclic amines) is 1. The lowest BCUT2D eigenvalue weighted by Gasteiger charge is -2.30. The Balaban J connectivity index is 1.82. The second-order valence-electron chi connectivity index (χ2n) is 7.00. The van der Waals surface area contributed by atoms with Gasteiger partial charge in [0.05, 0.1) is 13.1 Å². The minimum Gasteiger partial charge on any atom is -0.335 e. The molecule has 0 spiro atoms. The molecule has 0 saturated carbocycles. The van der Waals surface area contributed by atoms with Crippen LogP contribution in [-0.2, 0) is 9.59 Å². The Morgan fingerprint density at radius 2 is 1.92 bits per heavy atom. The Kier molecular flexibility index (Phi) is 6.37. The van der Waals surface area contributed by atoms with Crippen LogP contribution in [-0.4, -0.2) is 54.8 Å². The van der Waals surface area contributed by atoms with Crippen molar-refractivity contribution < 1.29 is 9.59 Å². The average Bonchev–Trinajstić information content (AvgIpc) is 2.54. The molecule has 5 heteroatoms. The fourth-order valence-corrected chi connectivity index (χ4v) is 2.91. The third kappa shape index (κ3) is 5.06. The summed E-state index contributed by atoms with van der Waals surface area (Å²) in [6.07, 6.45) is 2.29. The van der Waals surface area contributed by atoms with E-state index >= 15 is 0 Å². The Morgan fingerprint density at radius 1 is 1.25 bits per heavy atom. The molecule has 5 nitrogen and oxygen atoms in total. The largest absolute Gasteiger partial charge is 0.335 e. The monoisotopic (exact) mass is 331 g/mol. The zero-order valence-corrected chi connectivity index (χ0v) is 15.3. The summed E-state index contributed by atoms with van der Waals surface area (Å²) in [5.41, 5.74) is 3.00. The highest BCUT2D eigenvalue weighted by Gasteiger charge is 2.20. The first-order valence-corrected chi connectivity index (χ1v) is 8.69. The van der Waals surface area contributed by atoms with Gasteiger partial charge in [-0.25, -0.2) is 0 Å². The molecule has 2 rings (SSSR count). The maximum Gasteiger partial charge on any atom is 0.243 e. The van der Waals surface area contributed by atoms with E-state index < -0.39 is 0 Å². The molecule has 1 saturated heterocycles. The number of anilines is 1. The summed E-state index contributed by atoms with van der Waals surface area (Å²) in [6, 6.07) is 5.82. The Labute approximate surface area is 145 Å². The number of aryl methyl sites for hydroxylation is 1. The number of hydrogen-bond donors (Lipinski definition) is 1. The highest BCUT2D eigenvalue weighted by Crippen LogP contribution is 2.18. The molecular formula is C19H29N3O2. The SMILES string of the molecule is Cc1cccc(NC(=O)CN(C)C(=O)CN2CCC(C)CC2)c1C. The topological polar surface area (TPSA) is 52.7 Å². The predicted molar refractivity (Wildman–Crippen MR) is 97.0 cm³/mol. The number of nitrogens with zero attached hydrogens (tertiary/aromatic N) is 2. The standard InChI is InChI=1S/C19H29N3O2/c1-14-8-10-22(11-9-14)13-19(24)21(4)12-18(23)20-17-7-5-6-15(2)16(17)3/h5-7,14H,8-13H2,1-4H3,(H,20,23). The van der Waals surface area contributed by atoms with Crippen LogP contribution >= 0.6 is 0 Å². The number of rotatable bonds is 5. The van der Waals surface area contributed by atoms with Crippen molar-refractivity contribution in [3.63, 3.8) is 0 Å². The fraction of sp³-hybridized carbons (Fsp3) is 0.579. The molecule has 1 aromatic carbocycles. The number of carbonyl (C=O) groups is 2. The van der Waals surface area contributed by atoms with Crippen LogP contribution in [0, 0.1) is 19.8 Å². The Bertz CT molecular complexity index is 592. The molecular weight excluding hydrogens is 302 g/mol. The van der Waals surface area contributed by atoms with Crippen LogP contribution in [0.1, 0.15) is 30.9 Å². The van der Waals surface area contributed by atoms with E-state index in [2.05, 4.69) is 17.1 Å². The van der Waals surface area contributed by atoms with E-state index in [1.165, 1.54) is 4.90 Å². The molecule has 24 heavy (non-hydrogen) atoms. The summed E-state index contributed by atoms with van der Waals surface area (Å²) >= 11 is 0. The van der Waals surface area contributed by atoms with Crippen molar-refractivity contribution in [1.29, 1.82) is 0 Å². The number of likely N-dealkylation sites (N-methyl/N-ethyl adjacent to an activating group) is 1. The van der Waals surface area contributed by atoms with Gasteiger partial charge in [-0.15, -0.1) is 0 Å². The van der Waals surface area contributed by atoms with E-state index in [1.807, 2.05) is 32.0 Å². The lowest BCUT2D eigenvalue weighted by atomic mass is 9.99. The Hall–Kier alpha value is -1.88. The first-order chi connectivity index (χ1) is 11.4. The van der Waals surface area contributed by atoms with Crippen molar-refractivity contribution in [1.82, 2.24) is 9.80 Å². The number of nitrogens with one attached hydrogen (secondary N) is 1. The summed E-state index contributed by atoms with van der Waals surface area (Å²) in [5.74, 6) is 0.588. The van der Waals surface area contributed by atoms with Crippen molar-refractivity contribution in [3.05, 3.63) is 29.3 Å². The summed E-state index contributed by atoms with van der Waals surface area (Å²) in [7, 11) is 1.69. The fourth-order valence-electron chi connectivity index (χ4n) is 2.91. The van der Waals surface area contributed by atoms with Crippen molar-refractivity contribution in [2.24, 2.45) is 5.92 Å². The van der Waals surface area contributed by atoms with Gasteiger partial charge in [0, 0.05) is 12.7 Å². The number of benzene rings is 1. The molecule has 1 aliphatic heterocycles. The summed E-state index contributed by atoms with van der Waals surface area (Å²) in [6.45, 7) is 8.67. The van der Waals surface area contributed by atoms with Gasteiger partial charge < -0.3 is 10.2 Å². The van der Waals surface area contributed by atoms with Gasteiger partial charge in [0.25, 0.3) is 0 Å². The van der Waals surface area contributed by atoms with Crippen LogP contribution in [0.25, 0.3) is 0 Å². The first kappa shape index (κ1) is 18.5. The summed E-state index contributed by atoms with van der Waals surface area (Å²) in [5, 5.41) is 2.90. The minimum absolute atomic E-state index is 0.000618. The van der Waals surface area contributed by atoms with Crippen LogP contribution < -0.4 is 5.32 Å². The lowest BCUT2D eigenvalue weighted by molar-refractivity contribution is -0.134. The van der Waals surface area contributed by atoms with Gasteiger partial charge in [-0.1, -0.05) is 19.1 Å². The summed E-state index contributed by atoms with van der Waals surface area (Å²) < 4.78 is 0. The highest BCUT2D eigenvalue weighted by molar-refractivity contribution is 5.95. The molecule has 0 aliphatic carbocycles. The second-order valence-corrected chi connectivity index (χ2v) is 7.00. The van der Waals surface area contributed by atoms with Crippen molar-refractivity contribution in [2.45, 2.75) is 33.6 Å². The van der Waals surface area contributed by atoms with Gasteiger partial charge in [-0.3, -0.25) is 14.5 Å². The first-order valence-electron chi connectivity index (χ1n) is 8.69. The van der Waals surface area contributed by atoms with Gasteiger partial charge in [0.1, 0.15) is 0 Å². The third-order valence-electron chi connectivity index (χ3n) is 4.92. The second kappa shape index (κ2) is 8.29. The van der Waals surface area contributed by atoms with Crippen molar-refractivity contribution in [2.75, 3.05) is 38.5 Å². The molecule has 0 radical (unpaired) electrons. The number of amides is 2. The van der Waals surface area contributed by atoms with Crippen LogP contribution in [0.5, 0.6) is 0 Å². The molecule has 1 fully saturated rings. The smallest absolute Gasteiger partial charge is 0.243 e. The van der Waals surface area contributed by atoms with E-state index in [0.717, 1.165) is 48.7 Å². The minimum atomic E-state index is -0.160. The molecule has 0 atom stereocenters. The van der Waals surface area contributed by atoms with Gasteiger partial charge in [0.15, 0.2) is 0 Å². The normalized spacial score (nSPS) is 16.0. The van der Waals surface area contributed by atoms with E-state index in [9.17, 15) is 9.59 Å². The van der Waals surface area contributed by atoms with Gasteiger partial charge in [0.2, 0.25) is 11.8 Å². The van der Waals surface area contributed by atoms with Gasteiger partial charge >= 0.3 is 0 Å². The third-order valence-corrected chi connectivity index (χ3v) is 4.92. The zero-order chi connectivity index (χ0) is 17.7. The van der Waals surface area contributed by atoms with E-state index in [1.54, 1.807) is 7.05 Å². The predicted octanol–water partition coefficient (Wildman–Crippen LogP) is 2.43. The maximum absolute atomic E-state index is 12.3. The van der Waals surface area contributed by atoms with Crippen LogP contribution in [0.4, 0.5) is 5.69 Å². The molecule has 1 aromatic rings. The zero-order valence-electron chi connectivity index (χ0n) is 15.3. The van der Waals surface area contributed by atoms with Crippen molar-refractivity contribution in [3.8, 4) is 0 Å². The van der Waals surface area contributed by atoms with E-state index in [4.69, 9.17) is 0 Å². The van der Waals surface area contributed by atoms with E-state index in [-0.39, 0.29) is 18.4 Å². The van der Waals surface area contributed by atoms with Crippen LogP contribution in [0.3, 0.4) is 0 Å². The molecule has 2 amide bonds. The molecule has 1 heterocycles.